The fraction of sp³-hybridized carbons (Fsp3) is 0.100. The van der Waals surface area contributed by atoms with Crippen molar-refractivity contribution in [3.05, 3.63) is 93.3 Å². The van der Waals surface area contributed by atoms with Gasteiger partial charge in [0.1, 0.15) is 0 Å². The van der Waals surface area contributed by atoms with Crippen LogP contribution in [-0.2, 0) is 0 Å². The summed E-state index contributed by atoms with van der Waals surface area (Å²) in [6.45, 7) is 3.59. The molecule has 130 valence electrons. The van der Waals surface area contributed by atoms with Crippen molar-refractivity contribution in [2.24, 2.45) is 0 Å². The first kappa shape index (κ1) is 17.3. The van der Waals surface area contributed by atoms with Crippen molar-refractivity contribution >= 4 is 17.5 Å². The maximum Gasteiger partial charge on any atom is 0.269 e. The number of aryl methyl sites for hydroxylation is 1. The zero-order valence-electron chi connectivity index (χ0n) is 14.4. The molecule has 2 aromatic carbocycles. The number of nitro groups is 1. The van der Waals surface area contributed by atoms with Gasteiger partial charge < -0.3 is 0 Å². The highest BCUT2D eigenvalue weighted by atomic mass is 16.6. The van der Waals surface area contributed by atoms with E-state index in [0.717, 1.165) is 5.56 Å². The number of aromatic nitrogens is 2. The highest BCUT2D eigenvalue weighted by Crippen LogP contribution is 2.21. The summed E-state index contributed by atoms with van der Waals surface area (Å²) in [5, 5.41) is 15.2. The van der Waals surface area contributed by atoms with Crippen molar-refractivity contribution < 1.29 is 9.72 Å². The lowest BCUT2D eigenvalue weighted by atomic mass is 10.1. The highest BCUT2D eigenvalue weighted by molar-refractivity contribution is 6.08. The second kappa shape index (κ2) is 7.14. The van der Waals surface area contributed by atoms with Crippen LogP contribution in [0.2, 0.25) is 0 Å². The van der Waals surface area contributed by atoms with Crippen molar-refractivity contribution in [2.75, 3.05) is 0 Å². The Bertz CT molecular complexity index is 987. The van der Waals surface area contributed by atoms with E-state index in [1.807, 2.05) is 37.3 Å². The van der Waals surface area contributed by atoms with Crippen LogP contribution in [0.15, 0.2) is 60.7 Å². The molecular formula is C20H17N3O3. The van der Waals surface area contributed by atoms with Gasteiger partial charge in [-0.05, 0) is 37.6 Å². The smallest absolute Gasteiger partial charge is 0.269 e. The van der Waals surface area contributed by atoms with Gasteiger partial charge in [-0.1, -0.05) is 36.4 Å². The predicted molar refractivity (Wildman–Crippen MR) is 99.5 cm³/mol. The number of rotatable bonds is 5. The van der Waals surface area contributed by atoms with Crippen molar-refractivity contribution in [3.8, 4) is 5.69 Å². The summed E-state index contributed by atoms with van der Waals surface area (Å²) >= 11 is 0. The van der Waals surface area contributed by atoms with Gasteiger partial charge in [0, 0.05) is 12.1 Å². The minimum Gasteiger partial charge on any atom is -0.289 e. The molecule has 3 aromatic rings. The Balaban J connectivity index is 1.91. The van der Waals surface area contributed by atoms with Crippen LogP contribution in [0.25, 0.3) is 11.8 Å². The van der Waals surface area contributed by atoms with Gasteiger partial charge in [0.2, 0.25) is 0 Å². The van der Waals surface area contributed by atoms with Gasteiger partial charge >= 0.3 is 0 Å². The van der Waals surface area contributed by atoms with E-state index in [1.165, 1.54) is 18.2 Å². The Morgan fingerprint density at radius 3 is 2.35 bits per heavy atom. The van der Waals surface area contributed by atoms with E-state index in [2.05, 4.69) is 5.10 Å². The number of non-ortho nitro benzene ring substituents is 1. The second-order valence-corrected chi connectivity index (χ2v) is 5.84. The molecule has 0 N–H and O–H groups in total. The Hall–Kier alpha value is -3.54. The molecule has 0 radical (unpaired) electrons. The molecule has 0 saturated heterocycles. The van der Waals surface area contributed by atoms with Gasteiger partial charge in [0.05, 0.1) is 27.6 Å². The standard InChI is InChI=1S/C20H17N3O3/c1-14-20(19(24)13-8-16-6-4-3-5-7-16)15(2)22(21-14)17-9-11-18(12-10-17)23(25)26/h3-13H,1-2H3. The van der Waals surface area contributed by atoms with Crippen LogP contribution in [-0.4, -0.2) is 20.5 Å². The largest absolute Gasteiger partial charge is 0.289 e. The van der Waals surface area contributed by atoms with E-state index in [1.54, 1.807) is 29.8 Å². The van der Waals surface area contributed by atoms with E-state index in [-0.39, 0.29) is 11.5 Å². The Labute approximate surface area is 150 Å². The molecule has 0 amide bonds. The molecule has 1 aromatic heterocycles. The molecule has 0 aliphatic carbocycles. The Kier molecular flexibility index (Phi) is 4.75. The first-order valence-corrected chi connectivity index (χ1v) is 8.06. The molecule has 1 heterocycles. The number of benzene rings is 2. The molecule has 0 aliphatic rings. The first-order chi connectivity index (χ1) is 12.5. The molecular weight excluding hydrogens is 330 g/mol. The number of nitrogens with zero attached hydrogens (tertiary/aromatic N) is 3. The van der Waals surface area contributed by atoms with Crippen LogP contribution in [0.3, 0.4) is 0 Å². The average Bonchev–Trinajstić information content (AvgIpc) is 2.95. The lowest BCUT2D eigenvalue weighted by molar-refractivity contribution is -0.384. The average molecular weight is 347 g/mol. The third kappa shape index (κ3) is 3.44. The Morgan fingerprint density at radius 1 is 1.08 bits per heavy atom. The molecule has 0 aliphatic heterocycles. The summed E-state index contributed by atoms with van der Waals surface area (Å²) in [4.78, 5) is 23.0. The van der Waals surface area contributed by atoms with Crippen LogP contribution >= 0.6 is 0 Å². The molecule has 26 heavy (non-hydrogen) atoms. The summed E-state index contributed by atoms with van der Waals surface area (Å²) in [6.07, 6.45) is 3.30. The molecule has 6 nitrogen and oxygen atoms in total. The topological polar surface area (TPSA) is 78.0 Å². The highest BCUT2D eigenvalue weighted by Gasteiger charge is 2.18. The van der Waals surface area contributed by atoms with Crippen LogP contribution in [0.5, 0.6) is 0 Å². The van der Waals surface area contributed by atoms with E-state index in [0.29, 0.717) is 22.6 Å². The summed E-state index contributed by atoms with van der Waals surface area (Å²) in [5.74, 6) is -0.128. The Morgan fingerprint density at radius 2 is 1.73 bits per heavy atom. The van der Waals surface area contributed by atoms with Crippen LogP contribution in [0.4, 0.5) is 5.69 Å². The van der Waals surface area contributed by atoms with Crippen molar-refractivity contribution in [1.29, 1.82) is 0 Å². The van der Waals surface area contributed by atoms with Crippen molar-refractivity contribution in [2.45, 2.75) is 13.8 Å². The number of nitro benzene ring substituents is 1. The third-order valence-corrected chi connectivity index (χ3v) is 4.07. The molecule has 3 rings (SSSR count). The number of ketones is 1. The maximum absolute atomic E-state index is 12.6. The van der Waals surface area contributed by atoms with E-state index in [9.17, 15) is 14.9 Å². The SMILES string of the molecule is Cc1nn(-c2ccc([N+](=O)[O-])cc2)c(C)c1C(=O)C=Cc1ccccc1. The monoisotopic (exact) mass is 347 g/mol. The second-order valence-electron chi connectivity index (χ2n) is 5.84. The van der Waals surface area contributed by atoms with Gasteiger partial charge in [-0.15, -0.1) is 0 Å². The number of hydrogen-bond acceptors (Lipinski definition) is 4. The van der Waals surface area contributed by atoms with Crippen LogP contribution in [0.1, 0.15) is 27.3 Å². The van der Waals surface area contributed by atoms with Gasteiger partial charge in [-0.25, -0.2) is 4.68 Å². The first-order valence-electron chi connectivity index (χ1n) is 8.06. The van der Waals surface area contributed by atoms with E-state index >= 15 is 0 Å². The van der Waals surface area contributed by atoms with Gasteiger partial charge in [-0.2, -0.15) is 5.10 Å². The summed E-state index contributed by atoms with van der Waals surface area (Å²) in [6, 6.07) is 15.7. The van der Waals surface area contributed by atoms with E-state index in [4.69, 9.17) is 0 Å². The van der Waals surface area contributed by atoms with Crippen molar-refractivity contribution in [3.63, 3.8) is 0 Å². The van der Waals surface area contributed by atoms with Crippen LogP contribution in [0, 0.1) is 24.0 Å². The number of carbonyl (C=O) groups is 1. The minimum atomic E-state index is -0.450. The number of allylic oxidation sites excluding steroid dienone is 1. The quantitative estimate of drug-likeness (QED) is 0.298. The van der Waals surface area contributed by atoms with Crippen molar-refractivity contribution in [1.82, 2.24) is 9.78 Å². The molecule has 0 atom stereocenters. The summed E-state index contributed by atoms with van der Waals surface area (Å²) in [7, 11) is 0. The predicted octanol–water partition coefficient (Wildman–Crippen LogP) is 4.29. The number of hydrogen-bond donors (Lipinski definition) is 0. The summed E-state index contributed by atoms with van der Waals surface area (Å²) < 4.78 is 1.63. The zero-order valence-corrected chi connectivity index (χ0v) is 14.4. The minimum absolute atomic E-state index is 0.0115. The molecule has 0 bridgehead atoms. The van der Waals surface area contributed by atoms with Crippen LogP contribution < -0.4 is 0 Å². The fourth-order valence-corrected chi connectivity index (χ4v) is 2.79. The van der Waals surface area contributed by atoms with Gasteiger partial charge in [-0.3, -0.25) is 14.9 Å². The molecule has 0 unspecified atom stereocenters. The molecule has 0 spiro atoms. The third-order valence-electron chi connectivity index (χ3n) is 4.07. The maximum atomic E-state index is 12.6. The lowest BCUT2D eigenvalue weighted by Crippen LogP contribution is -2.02. The summed E-state index contributed by atoms with van der Waals surface area (Å²) in [5.41, 5.74) is 3.47. The van der Waals surface area contributed by atoms with Gasteiger partial charge in [0.15, 0.2) is 5.78 Å². The normalized spacial score (nSPS) is 11.0. The zero-order chi connectivity index (χ0) is 18.7. The molecule has 0 fully saturated rings. The molecule has 6 heteroatoms. The van der Waals surface area contributed by atoms with Gasteiger partial charge in [0.25, 0.3) is 5.69 Å². The number of carbonyl (C=O) groups excluding carboxylic acids is 1. The van der Waals surface area contributed by atoms with E-state index < -0.39 is 4.92 Å². The fourth-order valence-electron chi connectivity index (χ4n) is 2.79. The molecule has 0 saturated carbocycles. The lowest BCUT2D eigenvalue weighted by Gasteiger charge is -2.04.